The summed E-state index contributed by atoms with van der Waals surface area (Å²) < 4.78 is 18.8. The highest BCUT2D eigenvalue weighted by Crippen LogP contribution is 2.29. The molecule has 2 aromatic rings. The zero-order chi connectivity index (χ0) is 13.8. The molecular weight excluding hydrogens is 251 g/mol. The molecule has 0 aliphatic carbocycles. The second-order valence-electron chi connectivity index (χ2n) is 3.66. The molecule has 19 heavy (non-hydrogen) atoms. The molecule has 1 aromatic carbocycles. The lowest BCUT2D eigenvalue weighted by molar-refractivity contribution is -0.114. The van der Waals surface area contributed by atoms with Crippen molar-refractivity contribution in [3.63, 3.8) is 0 Å². The third kappa shape index (κ3) is 3.15. The SMILES string of the molecule is CC(=O)Nc1ccccc1Oc1nc(N)ncc1F. The number of amides is 1. The van der Waals surface area contributed by atoms with Crippen LogP contribution in [0.4, 0.5) is 16.0 Å². The number of nitrogens with two attached hydrogens (primary N) is 1. The van der Waals surface area contributed by atoms with Crippen LogP contribution >= 0.6 is 0 Å². The number of para-hydroxylation sites is 2. The second-order valence-corrected chi connectivity index (χ2v) is 3.66. The summed E-state index contributed by atoms with van der Waals surface area (Å²) in [6, 6.07) is 6.59. The van der Waals surface area contributed by atoms with E-state index in [9.17, 15) is 9.18 Å². The summed E-state index contributed by atoms with van der Waals surface area (Å²) in [6.07, 6.45) is 0.915. The number of benzene rings is 1. The maximum atomic E-state index is 13.5. The Bertz CT molecular complexity index is 618. The van der Waals surface area contributed by atoms with E-state index in [1.807, 2.05) is 0 Å². The third-order valence-electron chi connectivity index (χ3n) is 2.13. The lowest BCUT2D eigenvalue weighted by Crippen LogP contribution is -2.07. The van der Waals surface area contributed by atoms with Crippen LogP contribution in [0.2, 0.25) is 0 Å². The van der Waals surface area contributed by atoms with E-state index in [0.717, 1.165) is 6.20 Å². The quantitative estimate of drug-likeness (QED) is 0.882. The van der Waals surface area contributed by atoms with Crippen LogP contribution < -0.4 is 15.8 Å². The molecule has 0 spiro atoms. The Morgan fingerprint density at radius 1 is 1.42 bits per heavy atom. The largest absolute Gasteiger partial charge is 0.434 e. The summed E-state index contributed by atoms with van der Waals surface area (Å²) >= 11 is 0. The van der Waals surface area contributed by atoms with Gasteiger partial charge < -0.3 is 15.8 Å². The van der Waals surface area contributed by atoms with Gasteiger partial charge in [-0.2, -0.15) is 9.37 Å². The molecule has 0 aliphatic heterocycles. The van der Waals surface area contributed by atoms with E-state index in [1.54, 1.807) is 24.3 Å². The fourth-order valence-electron chi connectivity index (χ4n) is 1.39. The number of hydrogen-bond acceptors (Lipinski definition) is 5. The summed E-state index contributed by atoms with van der Waals surface area (Å²) in [7, 11) is 0. The Balaban J connectivity index is 2.32. The normalized spacial score (nSPS) is 10.0. The summed E-state index contributed by atoms with van der Waals surface area (Å²) in [5.41, 5.74) is 5.77. The Kier molecular flexibility index (Phi) is 3.56. The minimum absolute atomic E-state index is 0.103. The first kappa shape index (κ1) is 12.7. The van der Waals surface area contributed by atoms with Crippen molar-refractivity contribution in [3.8, 4) is 11.6 Å². The number of hydrogen-bond donors (Lipinski definition) is 2. The molecule has 1 amide bonds. The standard InChI is InChI=1S/C12H11FN4O2/c1-7(18)16-9-4-2-3-5-10(9)19-11-8(13)6-15-12(14)17-11/h2-6H,1H3,(H,16,18)(H2,14,15,17). The Morgan fingerprint density at radius 2 is 2.16 bits per heavy atom. The molecule has 0 atom stereocenters. The van der Waals surface area contributed by atoms with Crippen LogP contribution in [0.15, 0.2) is 30.5 Å². The van der Waals surface area contributed by atoms with Crippen molar-refractivity contribution in [2.45, 2.75) is 6.92 Å². The lowest BCUT2D eigenvalue weighted by atomic mass is 10.3. The van der Waals surface area contributed by atoms with Gasteiger partial charge in [0.15, 0.2) is 5.75 Å². The molecule has 0 saturated carbocycles. The molecule has 0 radical (unpaired) electrons. The minimum atomic E-state index is -0.744. The lowest BCUT2D eigenvalue weighted by Gasteiger charge is -2.10. The third-order valence-corrected chi connectivity index (χ3v) is 2.13. The van der Waals surface area contributed by atoms with Gasteiger partial charge in [0.2, 0.25) is 17.7 Å². The van der Waals surface area contributed by atoms with Gasteiger partial charge in [0.25, 0.3) is 5.88 Å². The van der Waals surface area contributed by atoms with Gasteiger partial charge in [0.05, 0.1) is 11.9 Å². The molecule has 0 aliphatic rings. The van der Waals surface area contributed by atoms with E-state index < -0.39 is 5.82 Å². The molecule has 0 saturated heterocycles. The molecule has 7 heteroatoms. The molecule has 0 fully saturated rings. The number of anilines is 2. The maximum Gasteiger partial charge on any atom is 0.260 e. The Morgan fingerprint density at radius 3 is 2.89 bits per heavy atom. The van der Waals surface area contributed by atoms with Crippen LogP contribution in [-0.4, -0.2) is 15.9 Å². The van der Waals surface area contributed by atoms with Gasteiger partial charge in [0, 0.05) is 6.92 Å². The van der Waals surface area contributed by atoms with Crippen molar-refractivity contribution >= 4 is 17.5 Å². The number of ether oxygens (including phenoxy) is 1. The number of carbonyl (C=O) groups excluding carboxylic acids is 1. The van der Waals surface area contributed by atoms with Crippen molar-refractivity contribution in [1.82, 2.24) is 9.97 Å². The predicted molar refractivity (Wildman–Crippen MR) is 67.2 cm³/mol. The molecule has 0 bridgehead atoms. The topological polar surface area (TPSA) is 90.1 Å². The van der Waals surface area contributed by atoms with Gasteiger partial charge in [-0.25, -0.2) is 4.98 Å². The van der Waals surface area contributed by atoms with Gasteiger partial charge in [-0.15, -0.1) is 0 Å². The van der Waals surface area contributed by atoms with Crippen molar-refractivity contribution in [3.05, 3.63) is 36.3 Å². The zero-order valence-corrected chi connectivity index (χ0v) is 10.1. The van der Waals surface area contributed by atoms with Gasteiger partial charge in [0.1, 0.15) is 0 Å². The van der Waals surface area contributed by atoms with E-state index >= 15 is 0 Å². The zero-order valence-electron chi connectivity index (χ0n) is 10.1. The highest BCUT2D eigenvalue weighted by atomic mass is 19.1. The van der Waals surface area contributed by atoms with Crippen molar-refractivity contribution in [1.29, 1.82) is 0 Å². The van der Waals surface area contributed by atoms with Gasteiger partial charge in [-0.1, -0.05) is 12.1 Å². The molecule has 3 N–H and O–H groups in total. The predicted octanol–water partition coefficient (Wildman–Crippen LogP) is 1.95. The number of halogens is 1. The minimum Gasteiger partial charge on any atom is -0.434 e. The average Bonchev–Trinajstić information content (AvgIpc) is 2.35. The smallest absolute Gasteiger partial charge is 0.260 e. The molecule has 0 unspecified atom stereocenters. The van der Waals surface area contributed by atoms with Crippen molar-refractivity contribution < 1.29 is 13.9 Å². The summed E-state index contributed by atoms with van der Waals surface area (Å²) in [5.74, 6) is -1.15. The fraction of sp³-hybridized carbons (Fsp3) is 0.0833. The van der Waals surface area contributed by atoms with E-state index in [-0.39, 0.29) is 23.5 Å². The molecule has 1 heterocycles. The average molecular weight is 262 g/mol. The number of rotatable bonds is 3. The van der Waals surface area contributed by atoms with Crippen molar-refractivity contribution in [2.24, 2.45) is 0 Å². The van der Waals surface area contributed by atoms with Gasteiger partial charge >= 0.3 is 0 Å². The van der Waals surface area contributed by atoms with Crippen LogP contribution in [-0.2, 0) is 4.79 Å². The number of nitrogen functional groups attached to an aromatic ring is 1. The first-order valence-corrected chi connectivity index (χ1v) is 5.39. The first-order chi connectivity index (χ1) is 9.06. The van der Waals surface area contributed by atoms with Crippen LogP contribution in [0.5, 0.6) is 11.6 Å². The number of nitrogens with one attached hydrogen (secondary N) is 1. The molecular formula is C12H11FN4O2. The van der Waals surface area contributed by atoms with Crippen LogP contribution in [0, 0.1) is 5.82 Å². The number of aromatic nitrogens is 2. The van der Waals surface area contributed by atoms with E-state index in [0.29, 0.717) is 5.69 Å². The van der Waals surface area contributed by atoms with E-state index in [2.05, 4.69) is 15.3 Å². The molecule has 6 nitrogen and oxygen atoms in total. The highest BCUT2D eigenvalue weighted by molar-refractivity contribution is 5.90. The van der Waals surface area contributed by atoms with Crippen LogP contribution in [0.3, 0.4) is 0 Å². The summed E-state index contributed by atoms with van der Waals surface area (Å²) in [4.78, 5) is 18.2. The van der Waals surface area contributed by atoms with Crippen LogP contribution in [0.1, 0.15) is 6.92 Å². The van der Waals surface area contributed by atoms with E-state index in [4.69, 9.17) is 10.5 Å². The van der Waals surface area contributed by atoms with E-state index in [1.165, 1.54) is 6.92 Å². The maximum absolute atomic E-state index is 13.5. The van der Waals surface area contributed by atoms with Gasteiger partial charge in [-0.05, 0) is 12.1 Å². The van der Waals surface area contributed by atoms with Crippen LogP contribution in [0.25, 0.3) is 0 Å². The number of nitrogens with zero attached hydrogens (tertiary/aromatic N) is 2. The van der Waals surface area contributed by atoms with Gasteiger partial charge in [-0.3, -0.25) is 4.79 Å². The summed E-state index contributed by atoms with van der Waals surface area (Å²) in [5, 5.41) is 2.57. The summed E-state index contributed by atoms with van der Waals surface area (Å²) in [6.45, 7) is 1.36. The first-order valence-electron chi connectivity index (χ1n) is 5.39. The Hall–Kier alpha value is -2.70. The highest BCUT2D eigenvalue weighted by Gasteiger charge is 2.11. The molecule has 1 aromatic heterocycles. The Labute approximate surface area is 108 Å². The number of carbonyl (C=O) groups is 1. The van der Waals surface area contributed by atoms with Crippen molar-refractivity contribution in [2.75, 3.05) is 11.1 Å². The molecule has 98 valence electrons. The fourth-order valence-corrected chi connectivity index (χ4v) is 1.39. The second kappa shape index (κ2) is 5.30. The monoisotopic (exact) mass is 262 g/mol. The molecule has 2 rings (SSSR count).